The molecule has 0 saturated carbocycles. The lowest BCUT2D eigenvalue weighted by Crippen LogP contribution is -2.13. The molecule has 1 atom stereocenters. The van der Waals surface area contributed by atoms with Crippen LogP contribution in [0.15, 0.2) is 41.8 Å². The molecule has 1 heterocycles. The Balaban J connectivity index is 2.21. The van der Waals surface area contributed by atoms with Crippen molar-refractivity contribution in [1.82, 2.24) is 0 Å². The Kier molecular flexibility index (Phi) is 3.99. The maximum atomic E-state index is 11.4. The SMILES string of the molecule is COc1ccc(C(Cc2cccs2)C(=O)O)cc1. The van der Waals surface area contributed by atoms with Crippen molar-refractivity contribution in [1.29, 1.82) is 0 Å². The van der Waals surface area contributed by atoms with Gasteiger partial charge in [0.05, 0.1) is 13.0 Å². The molecule has 1 aromatic carbocycles. The fourth-order valence-corrected chi connectivity index (χ4v) is 2.57. The van der Waals surface area contributed by atoms with Crippen LogP contribution in [0, 0.1) is 0 Å². The summed E-state index contributed by atoms with van der Waals surface area (Å²) < 4.78 is 5.07. The largest absolute Gasteiger partial charge is 0.497 e. The quantitative estimate of drug-likeness (QED) is 0.900. The van der Waals surface area contributed by atoms with Crippen molar-refractivity contribution in [2.75, 3.05) is 7.11 Å². The summed E-state index contributed by atoms with van der Waals surface area (Å²) in [6.45, 7) is 0. The zero-order valence-electron chi connectivity index (χ0n) is 10.00. The molecule has 0 bridgehead atoms. The van der Waals surface area contributed by atoms with Crippen molar-refractivity contribution in [3.63, 3.8) is 0 Å². The number of carbonyl (C=O) groups is 1. The minimum Gasteiger partial charge on any atom is -0.497 e. The predicted molar refractivity (Wildman–Crippen MR) is 71.4 cm³/mol. The maximum Gasteiger partial charge on any atom is 0.311 e. The lowest BCUT2D eigenvalue weighted by Gasteiger charge is -2.12. The van der Waals surface area contributed by atoms with E-state index in [1.807, 2.05) is 29.6 Å². The molecule has 0 aliphatic rings. The van der Waals surface area contributed by atoms with E-state index < -0.39 is 11.9 Å². The summed E-state index contributed by atoms with van der Waals surface area (Å²) in [4.78, 5) is 12.4. The highest BCUT2D eigenvalue weighted by molar-refractivity contribution is 7.09. The van der Waals surface area contributed by atoms with Crippen LogP contribution in [-0.4, -0.2) is 18.2 Å². The minimum absolute atomic E-state index is 0.505. The molecule has 3 nitrogen and oxygen atoms in total. The normalized spacial score (nSPS) is 12.1. The molecule has 18 heavy (non-hydrogen) atoms. The summed E-state index contributed by atoms with van der Waals surface area (Å²) in [6.07, 6.45) is 0.527. The van der Waals surface area contributed by atoms with Crippen molar-refractivity contribution in [2.45, 2.75) is 12.3 Å². The molecule has 1 unspecified atom stereocenters. The maximum absolute atomic E-state index is 11.4. The van der Waals surface area contributed by atoms with Crippen LogP contribution < -0.4 is 4.74 Å². The first kappa shape index (κ1) is 12.6. The summed E-state index contributed by atoms with van der Waals surface area (Å²) in [5.74, 6) is -0.567. The van der Waals surface area contributed by atoms with Crippen LogP contribution in [0.5, 0.6) is 5.75 Å². The van der Waals surface area contributed by atoms with E-state index in [9.17, 15) is 9.90 Å². The van der Waals surface area contributed by atoms with Gasteiger partial charge in [-0.1, -0.05) is 18.2 Å². The summed E-state index contributed by atoms with van der Waals surface area (Å²) in [7, 11) is 1.59. The zero-order valence-corrected chi connectivity index (χ0v) is 10.8. The van der Waals surface area contributed by atoms with Gasteiger partial charge in [-0.15, -0.1) is 11.3 Å². The molecule has 4 heteroatoms. The van der Waals surface area contributed by atoms with Crippen LogP contribution in [0.3, 0.4) is 0 Å². The molecule has 0 aliphatic carbocycles. The number of benzene rings is 1. The fraction of sp³-hybridized carbons (Fsp3) is 0.214. The minimum atomic E-state index is -0.798. The van der Waals surface area contributed by atoms with Gasteiger partial charge in [-0.2, -0.15) is 0 Å². The number of methoxy groups -OCH3 is 1. The molecule has 0 radical (unpaired) electrons. The van der Waals surface area contributed by atoms with Gasteiger partial charge in [0.1, 0.15) is 5.75 Å². The van der Waals surface area contributed by atoms with Crippen molar-refractivity contribution in [2.24, 2.45) is 0 Å². The molecule has 2 aromatic rings. The van der Waals surface area contributed by atoms with Gasteiger partial charge in [0.15, 0.2) is 0 Å². The lowest BCUT2D eigenvalue weighted by atomic mass is 9.95. The van der Waals surface area contributed by atoms with Gasteiger partial charge < -0.3 is 9.84 Å². The second-order valence-corrected chi connectivity index (χ2v) is 4.98. The Morgan fingerprint density at radius 3 is 2.56 bits per heavy atom. The number of carboxylic acids is 1. The molecule has 0 spiro atoms. The monoisotopic (exact) mass is 262 g/mol. The van der Waals surface area contributed by atoms with E-state index in [-0.39, 0.29) is 0 Å². The smallest absolute Gasteiger partial charge is 0.311 e. The van der Waals surface area contributed by atoms with Crippen molar-refractivity contribution < 1.29 is 14.6 Å². The van der Waals surface area contributed by atoms with Gasteiger partial charge >= 0.3 is 5.97 Å². The van der Waals surface area contributed by atoms with E-state index in [2.05, 4.69) is 0 Å². The molecule has 1 aromatic heterocycles. The van der Waals surface area contributed by atoms with Crippen LogP contribution in [0.2, 0.25) is 0 Å². The number of ether oxygens (including phenoxy) is 1. The van der Waals surface area contributed by atoms with Crippen LogP contribution in [0.4, 0.5) is 0 Å². The molecule has 1 N–H and O–H groups in total. The number of rotatable bonds is 5. The highest BCUT2D eigenvalue weighted by atomic mass is 32.1. The number of thiophene rings is 1. The average molecular weight is 262 g/mol. The molecule has 0 amide bonds. The van der Waals surface area contributed by atoms with E-state index in [0.29, 0.717) is 6.42 Å². The second-order valence-electron chi connectivity index (χ2n) is 3.95. The molecule has 94 valence electrons. The first-order chi connectivity index (χ1) is 8.70. The summed E-state index contributed by atoms with van der Waals surface area (Å²) in [6, 6.07) is 11.1. The summed E-state index contributed by atoms with van der Waals surface area (Å²) in [5.41, 5.74) is 0.803. The molecule has 0 saturated heterocycles. The standard InChI is InChI=1S/C14H14O3S/c1-17-11-6-4-10(5-7-11)13(14(15)16)9-12-3-2-8-18-12/h2-8,13H,9H2,1H3,(H,15,16). The van der Waals surface area contributed by atoms with Crippen molar-refractivity contribution in [3.05, 3.63) is 52.2 Å². The van der Waals surface area contributed by atoms with E-state index >= 15 is 0 Å². The Morgan fingerprint density at radius 1 is 1.33 bits per heavy atom. The van der Waals surface area contributed by atoms with E-state index in [0.717, 1.165) is 16.2 Å². The topological polar surface area (TPSA) is 46.5 Å². The Bertz CT molecular complexity index is 502. The van der Waals surface area contributed by atoms with Gasteiger partial charge in [-0.3, -0.25) is 4.79 Å². The van der Waals surface area contributed by atoms with Crippen LogP contribution in [-0.2, 0) is 11.2 Å². The van der Waals surface area contributed by atoms with Crippen LogP contribution >= 0.6 is 11.3 Å². The van der Waals surface area contributed by atoms with Crippen LogP contribution in [0.25, 0.3) is 0 Å². The third-order valence-electron chi connectivity index (χ3n) is 2.80. The lowest BCUT2D eigenvalue weighted by molar-refractivity contribution is -0.138. The van der Waals surface area contributed by atoms with Gasteiger partial charge in [-0.05, 0) is 35.6 Å². The van der Waals surface area contributed by atoms with Gasteiger partial charge in [0, 0.05) is 4.88 Å². The predicted octanol–water partition coefficient (Wildman–Crippen LogP) is 3.17. The second kappa shape index (κ2) is 5.69. The Labute approximate surface area is 110 Å². The zero-order chi connectivity index (χ0) is 13.0. The van der Waals surface area contributed by atoms with Gasteiger partial charge in [-0.25, -0.2) is 0 Å². The first-order valence-corrected chi connectivity index (χ1v) is 6.48. The molecule has 2 rings (SSSR count). The first-order valence-electron chi connectivity index (χ1n) is 5.60. The summed E-state index contributed by atoms with van der Waals surface area (Å²) in [5, 5.41) is 11.3. The summed E-state index contributed by atoms with van der Waals surface area (Å²) >= 11 is 1.58. The number of hydrogen-bond acceptors (Lipinski definition) is 3. The molecule has 0 aliphatic heterocycles. The number of aliphatic carboxylic acids is 1. The third kappa shape index (κ3) is 2.90. The van der Waals surface area contributed by atoms with Crippen molar-refractivity contribution in [3.8, 4) is 5.75 Å². The highest BCUT2D eigenvalue weighted by Crippen LogP contribution is 2.25. The molecular formula is C14H14O3S. The average Bonchev–Trinajstić information content (AvgIpc) is 2.89. The van der Waals surface area contributed by atoms with E-state index in [4.69, 9.17) is 4.74 Å². The third-order valence-corrected chi connectivity index (χ3v) is 3.70. The van der Waals surface area contributed by atoms with E-state index in [1.165, 1.54) is 0 Å². The Hall–Kier alpha value is -1.81. The highest BCUT2D eigenvalue weighted by Gasteiger charge is 2.20. The fourth-order valence-electron chi connectivity index (χ4n) is 1.81. The van der Waals surface area contributed by atoms with Gasteiger partial charge in [0.2, 0.25) is 0 Å². The van der Waals surface area contributed by atoms with Crippen molar-refractivity contribution >= 4 is 17.3 Å². The van der Waals surface area contributed by atoms with E-state index in [1.54, 1.807) is 30.6 Å². The van der Waals surface area contributed by atoms with Gasteiger partial charge in [0.25, 0.3) is 0 Å². The number of carboxylic acid groups (broad SMARTS) is 1. The number of hydrogen-bond donors (Lipinski definition) is 1. The molecule has 0 fully saturated rings. The van der Waals surface area contributed by atoms with Crippen LogP contribution in [0.1, 0.15) is 16.4 Å². The Morgan fingerprint density at radius 2 is 2.06 bits per heavy atom. The molecular weight excluding hydrogens is 248 g/mol.